The van der Waals surface area contributed by atoms with Crippen molar-refractivity contribution >= 4 is 28.8 Å². The Morgan fingerprint density at radius 1 is 1.19 bits per heavy atom. The van der Waals surface area contributed by atoms with E-state index in [0.717, 1.165) is 10.4 Å². The first-order valence-electron chi connectivity index (χ1n) is 9.01. The molecule has 0 aliphatic carbocycles. The number of benzene rings is 1. The van der Waals surface area contributed by atoms with E-state index in [0.29, 0.717) is 38.2 Å². The quantitative estimate of drug-likeness (QED) is 0.794. The summed E-state index contributed by atoms with van der Waals surface area (Å²) < 4.78 is 19.1. The molecule has 2 aliphatic heterocycles. The number of halogens is 1. The largest absolute Gasteiger partial charge is 0.363 e. The first-order valence-corrected chi connectivity index (χ1v) is 9.89. The molecule has 4 rings (SSSR count). The standard InChI is InChI=1S/C20H21FN2O3S/c1-14-6-11-27-18(14)19(25)22-9-7-20(8-10-22)13-23(17(24)12-26-20)16-4-2-15(21)3-5-16/h2-6,11H,7-10,12-13H2,1H3. The molecule has 7 heteroatoms. The topological polar surface area (TPSA) is 49.9 Å². The number of rotatable bonds is 2. The van der Waals surface area contributed by atoms with Gasteiger partial charge in [-0.2, -0.15) is 0 Å². The SMILES string of the molecule is Cc1ccsc1C(=O)N1CCC2(CC1)CN(c1ccc(F)cc1)C(=O)CO2. The monoisotopic (exact) mass is 388 g/mol. The molecule has 0 bridgehead atoms. The molecule has 2 fully saturated rings. The van der Waals surface area contributed by atoms with Crippen LogP contribution in [0.2, 0.25) is 0 Å². The molecular weight excluding hydrogens is 367 g/mol. The second kappa shape index (κ2) is 7.05. The second-order valence-corrected chi connectivity index (χ2v) is 8.07. The Morgan fingerprint density at radius 3 is 2.52 bits per heavy atom. The van der Waals surface area contributed by atoms with Crippen molar-refractivity contribution in [2.75, 3.05) is 31.1 Å². The molecule has 2 aliphatic rings. The van der Waals surface area contributed by atoms with Crippen LogP contribution in [0.3, 0.4) is 0 Å². The lowest BCUT2D eigenvalue weighted by Gasteiger charge is -2.46. The number of hydrogen-bond donors (Lipinski definition) is 0. The summed E-state index contributed by atoms with van der Waals surface area (Å²) in [4.78, 5) is 29.4. The van der Waals surface area contributed by atoms with Gasteiger partial charge in [0.25, 0.3) is 11.8 Å². The van der Waals surface area contributed by atoms with Crippen LogP contribution in [-0.2, 0) is 9.53 Å². The van der Waals surface area contributed by atoms with Crippen LogP contribution in [0.25, 0.3) is 0 Å². The molecule has 0 saturated carbocycles. The van der Waals surface area contributed by atoms with Crippen LogP contribution >= 0.6 is 11.3 Å². The number of morpholine rings is 1. The minimum Gasteiger partial charge on any atom is -0.363 e. The maximum Gasteiger partial charge on any atom is 0.264 e. The van der Waals surface area contributed by atoms with E-state index in [4.69, 9.17) is 4.74 Å². The summed E-state index contributed by atoms with van der Waals surface area (Å²) in [6.07, 6.45) is 1.35. The van der Waals surface area contributed by atoms with Gasteiger partial charge in [-0.1, -0.05) is 0 Å². The van der Waals surface area contributed by atoms with Gasteiger partial charge in [-0.3, -0.25) is 9.59 Å². The van der Waals surface area contributed by atoms with Crippen molar-refractivity contribution in [2.24, 2.45) is 0 Å². The number of piperidine rings is 1. The number of ether oxygens (including phenoxy) is 1. The summed E-state index contributed by atoms with van der Waals surface area (Å²) in [6, 6.07) is 7.90. The summed E-state index contributed by atoms with van der Waals surface area (Å²) >= 11 is 1.47. The fourth-order valence-corrected chi connectivity index (χ4v) is 4.62. The van der Waals surface area contributed by atoms with Crippen molar-refractivity contribution in [3.8, 4) is 0 Å². The van der Waals surface area contributed by atoms with E-state index in [1.807, 2.05) is 23.3 Å². The van der Waals surface area contributed by atoms with Crippen molar-refractivity contribution in [1.82, 2.24) is 4.90 Å². The van der Waals surface area contributed by atoms with Gasteiger partial charge in [0.1, 0.15) is 12.4 Å². The average molecular weight is 388 g/mol. The zero-order chi connectivity index (χ0) is 19.0. The van der Waals surface area contributed by atoms with Gasteiger partial charge < -0.3 is 14.5 Å². The van der Waals surface area contributed by atoms with E-state index in [2.05, 4.69) is 0 Å². The molecule has 2 amide bonds. The Balaban J connectivity index is 1.46. The van der Waals surface area contributed by atoms with Gasteiger partial charge in [0.05, 0.1) is 17.0 Å². The van der Waals surface area contributed by atoms with Crippen molar-refractivity contribution in [1.29, 1.82) is 0 Å². The smallest absolute Gasteiger partial charge is 0.264 e. The Kier molecular flexibility index (Phi) is 4.74. The number of anilines is 1. The normalized spacial score (nSPS) is 19.6. The lowest BCUT2D eigenvalue weighted by Crippen LogP contribution is -2.59. The van der Waals surface area contributed by atoms with Gasteiger partial charge in [-0.25, -0.2) is 4.39 Å². The minimum atomic E-state index is -0.455. The van der Waals surface area contributed by atoms with Crippen molar-refractivity contribution in [2.45, 2.75) is 25.4 Å². The molecule has 0 radical (unpaired) electrons. The van der Waals surface area contributed by atoms with Gasteiger partial charge in [-0.15, -0.1) is 11.3 Å². The maximum atomic E-state index is 13.2. The van der Waals surface area contributed by atoms with Crippen LogP contribution in [0.4, 0.5) is 10.1 Å². The van der Waals surface area contributed by atoms with Crippen LogP contribution in [0.15, 0.2) is 35.7 Å². The van der Waals surface area contributed by atoms with E-state index >= 15 is 0 Å². The highest BCUT2D eigenvalue weighted by molar-refractivity contribution is 7.12. The number of aryl methyl sites for hydroxylation is 1. The molecule has 5 nitrogen and oxygen atoms in total. The van der Waals surface area contributed by atoms with Crippen LogP contribution in [-0.4, -0.2) is 48.6 Å². The molecule has 0 unspecified atom stereocenters. The van der Waals surface area contributed by atoms with Gasteiger partial charge in [0, 0.05) is 18.8 Å². The average Bonchev–Trinajstić information content (AvgIpc) is 3.11. The molecule has 2 aromatic rings. The number of carbonyl (C=O) groups excluding carboxylic acids is 2. The summed E-state index contributed by atoms with van der Waals surface area (Å²) in [6.45, 7) is 3.59. The summed E-state index contributed by atoms with van der Waals surface area (Å²) in [5, 5.41) is 1.93. The zero-order valence-corrected chi connectivity index (χ0v) is 15.9. The predicted octanol–water partition coefficient (Wildman–Crippen LogP) is 3.23. The van der Waals surface area contributed by atoms with E-state index < -0.39 is 5.60 Å². The van der Waals surface area contributed by atoms with Gasteiger partial charge in [0.2, 0.25) is 0 Å². The maximum absolute atomic E-state index is 13.2. The Labute approximate surface area is 161 Å². The molecule has 1 aromatic carbocycles. The fourth-order valence-electron chi connectivity index (χ4n) is 3.73. The fraction of sp³-hybridized carbons (Fsp3) is 0.400. The lowest BCUT2D eigenvalue weighted by molar-refractivity contribution is -0.143. The van der Waals surface area contributed by atoms with Crippen LogP contribution in [0.5, 0.6) is 0 Å². The molecular formula is C20H21FN2O3S. The summed E-state index contributed by atoms with van der Waals surface area (Å²) in [5.41, 5.74) is 1.23. The highest BCUT2D eigenvalue weighted by Gasteiger charge is 2.43. The third kappa shape index (κ3) is 3.49. The van der Waals surface area contributed by atoms with Crippen LogP contribution in [0, 0.1) is 12.7 Å². The number of likely N-dealkylation sites (tertiary alicyclic amines) is 1. The van der Waals surface area contributed by atoms with E-state index in [1.165, 1.54) is 23.5 Å². The molecule has 0 atom stereocenters. The third-order valence-electron chi connectivity index (χ3n) is 5.41. The van der Waals surface area contributed by atoms with Gasteiger partial charge in [-0.05, 0) is 61.0 Å². The summed E-state index contributed by atoms with van der Waals surface area (Å²) in [7, 11) is 0. The Morgan fingerprint density at radius 2 is 1.89 bits per heavy atom. The Hall–Kier alpha value is -2.25. The minimum absolute atomic E-state index is 0.00928. The van der Waals surface area contributed by atoms with Crippen LogP contribution in [0.1, 0.15) is 28.1 Å². The number of nitrogens with zero attached hydrogens (tertiary/aromatic N) is 2. The molecule has 142 valence electrons. The molecule has 27 heavy (non-hydrogen) atoms. The number of carbonyl (C=O) groups is 2. The van der Waals surface area contributed by atoms with E-state index in [9.17, 15) is 14.0 Å². The van der Waals surface area contributed by atoms with Crippen molar-refractivity contribution < 1.29 is 18.7 Å². The number of thiophene rings is 1. The second-order valence-electron chi connectivity index (χ2n) is 7.15. The number of hydrogen-bond acceptors (Lipinski definition) is 4. The van der Waals surface area contributed by atoms with E-state index in [1.54, 1.807) is 17.0 Å². The number of amides is 2. The van der Waals surface area contributed by atoms with E-state index in [-0.39, 0.29) is 24.2 Å². The highest BCUT2D eigenvalue weighted by Crippen LogP contribution is 2.33. The first-order chi connectivity index (χ1) is 13.0. The molecule has 1 spiro atoms. The molecule has 1 aromatic heterocycles. The highest BCUT2D eigenvalue weighted by atomic mass is 32.1. The zero-order valence-electron chi connectivity index (χ0n) is 15.1. The van der Waals surface area contributed by atoms with Gasteiger partial charge in [0.15, 0.2) is 0 Å². The molecule has 3 heterocycles. The predicted molar refractivity (Wildman–Crippen MR) is 102 cm³/mol. The molecule has 2 saturated heterocycles. The van der Waals surface area contributed by atoms with Crippen molar-refractivity contribution in [3.63, 3.8) is 0 Å². The van der Waals surface area contributed by atoms with Gasteiger partial charge >= 0.3 is 0 Å². The summed E-state index contributed by atoms with van der Waals surface area (Å²) in [5.74, 6) is -0.385. The third-order valence-corrected chi connectivity index (χ3v) is 6.41. The van der Waals surface area contributed by atoms with Crippen LogP contribution < -0.4 is 4.90 Å². The first kappa shape index (κ1) is 18.1. The Bertz CT molecular complexity index is 856. The van der Waals surface area contributed by atoms with Crippen molar-refractivity contribution in [3.05, 3.63) is 52.0 Å². The lowest BCUT2D eigenvalue weighted by atomic mass is 9.89. The molecule has 0 N–H and O–H groups in total.